The van der Waals surface area contributed by atoms with Gasteiger partial charge < -0.3 is 5.32 Å². The van der Waals surface area contributed by atoms with Crippen LogP contribution >= 0.6 is 22.6 Å². The van der Waals surface area contributed by atoms with E-state index >= 15 is 0 Å². The minimum atomic E-state index is -2.87. The van der Waals surface area contributed by atoms with Crippen molar-refractivity contribution in [2.45, 2.75) is 13.0 Å². The standard InChI is InChI=1S/C11H16INO2S/c1-9(13-7-8-16(2,14)15)10-3-5-11(12)6-4-10/h3-6,9,13H,7-8H2,1-2H3. The van der Waals surface area contributed by atoms with Crippen molar-refractivity contribution in [3.8, 4) is 0 Å². The van der Waals surface area contributed by atoms with Gasteiger partial charge in [-0.15, -0.1) is 0 Å². The highest BCUT2D eigenvalue weighted by molar-refractivity contribution is 14.1. The van der Waals surface area contributed by atoms with Gasteiger partial charge in [-0.3, -0.25) is 0 Å². The molecule has 0 radical (unpaired) electrons. The summed E-state index contributed by atoms with van der Waals surface area (Å²) >= 11 is 2.26. The average molecular weight is 353 g/mol. The van der Waals surface area contributed by atoms with Crippen LogP contribution < -0.4 is 5.32 Å². The van der Waals surface area contributed by atoms with Crippen molar-refractivity contribution in [2.75, 3.05) is 18.6 Å². The summed E-state index contributed by atoms with van der Waals surface area (Å²) in [5.74, 6) is 0.182. The normalized spacial score (nSPS) is 13.7. The highest BCUT2D eigenvalue weighted by Crippen LogP contribution is 2.14. The van der Waals surface area contributed by atoms with E-state index in [-0.39, 0.29) is 11.8 Å². The molecule has 0 fully saturated rings. The zero-order chi connectivity index (χ0) is 12.2. The Hall–Kier alpha value is -0.140. The molecule has 5 heteroatoms. The minimum absolute atomic E-state index is 0.179. The lowest BCUT2D eigenvalue weighted by atomic mass is 10.1. The van der Waals surface area contributed by atoms with Crippen LogP contribution in [0.3, 0.4) is 0 Å². The second kappa shape index (κ2) is 5.97. The van der Waals surface area contributed by atoms with Gasteiger partial charge in [-0.25, -0.2) is 8.42 Å². The number of benzene rings is 1. The van der Waals surface area contributed by atoms with Crippen molar-refractivity contribution < 1.29 is 8.42 Å². The third-order valence-corrected chi connectivity index (χ3v) is 3.96. The molecule has 0 amide bonds. The minimum Gasteiger partial charge on any atom is -0.309 e. The molecule has 1 unspecified atom stereocenters. The molecule has 0 spiro atoms. The van der Waals surface area contributed by atoms with Crippen molar-refractivity contribution in [3.63, 3.8) is 0 Å². The van der Waals surface area contributed by atoms with E-state index in [0.717, 1.165) is 0 Å². The number of nitrogens with one attached hydrogen (secondary N) is 1. The molecule has 1 aromatic rings. The van der Waals surface area contributed by atoms with Gasteiger partial charge in [-0.05, 0) is 47.2 Å². The lowest BCUT2D eigenvalue weighted by molar-refractivity contribution is 0.576. The van der Waals surface area contributed by atoms with Gasteiger partial charge in [0.15, 0.2) is 0 Å². The van der Waals surface area contributed by atoms with Crippen LogP contribution in [0, 0.1) is 3.57 Å². The zero-order valence-corrected chi connectivity index (χ0v) is 12.4. The molecule has 0 aliphatic carbocycles. The highest BCUT2D eigenvalue weighted by atomic mass is 127. The van der Waals surface area contributed by atoms with Gasteiger partial charge in [-0.1, -0.05) is 12.1 Å². The van der Waals surface area contributed by atoms with Crippen LogP contribution in [0.15, 0.2) is 24.3 Å². The van der Waals surface area contributed by atoms with E-state index in [1.54, 1.807) is 0 Å². The smallest absolute Gasteiger partial charge is 0.148 e. The molecular formula is C11H16INO2S. The van der Waals surface area contributed by atoms with E-state index in [0.29, 0.717) is 6.54 Å². The molecule has 0 aliphatic heterocycles. The molecule has 1 rings (SSSR count). The molecule has 1 atom stereocenters. The van der Waals surface area contributed by atoms with Crippen molar-refractivity contribution >= 4 is 32.4 Å². The number of rotatable bonds is 5. The predicted octanol–water partition coefficient (Wildman–Crippen LogP) is 1.99. The fraction of sp³-hybridized carbons (Fsp3) is 0.455. The van der Waals surface area contributed by atoms with Crippen LogP contribution in [-0.2, 0) is 9.84 Å². The molecule has 1 aromatic carbocycles. The first-order valence-electron chi connectivity index (χ1n) is 5.05. The molecule has 0 aromatic heterocycles. The summed E-state index contributed by atoms with van der Waals surface area (Å²) in [6.45, 7) is 2.52. The second-order valence-electron chi connectivity index (χ2n) is 3.86. The molecule has 0 heterocycles. The van der Waals surface area contributed by atoms with Crippen LogP contribution in [-0.4, -0.2) is 27.0 Å². The molecule has 1 N–H and O–H groups in total. The summed E-state index contributed by atoms with van der Waals surface area (Å²) < 4.78 is 23.1. The van der Waals surface area contributed by atoms with E-state index in [1.807, 2.05) is 19.1 Å². The Balaban J connectivity index is 2.47. The number of hydrogen-bond acceptors (Lipinski definition) is 3. The summed E-state index contributed by atoms with van der Waals surface area (Å²) in [7, 11) is -2.87. The van der Waals surface area contributed by atoms with Crippen LogP contribution in [0.5, 0.6) is 0 Å². The maximum Gasteiger partial charge on any atom is 0.148 e. The Kier molecular flexibility index (Phi) is 5.20. The molecule has 90 valence electrons. The van der Waals surface area contributed by atoms with Crippen LogP contribution in [0.2, 0.25) is 0 Å². The third-order valence-electron chi connectivity index (χ3n) is 2.29. The van der Waals surface area contributed by atoms with Crippen LogP contribution in [0.4, 0.5) is 0 Å². The maximum atomic E-state index is 11.0. The molecular weight excluding hydrogens is 337 g/mol. The largest absolute Gasteiger partial charge is 0.309 e. The SMILES string of the molecule is CC(NCCS(C)(=O)=O)c1ccc(I)cc1. The second-order valence-corrected chi connectivity index (χ2v) is 7.36. The van der Waals surface area contributed by atoms with Gasteiger partial charge in [0.1, 0.15) is 9.84 Å². The lowest BCUT2D eigenvalue weighted by Gasteiger charge is -2.13. The molecule has 16 heavy (non-hydrogen) atoms. The van der Waals surface area contributed by atoms with Gasteiger partial charge >= 0.3 is 0 Å². The summed E-state index contributed by atoms with van der Waals surface area (Å²) in [6, 6.07) is 8.38. The van der Waals surface area contributed by atoms with Crippen LogP contribution in [0.25, 0.3) is 0 Å². The fourth-order valence-corrected chi connectivity index (χ4v) is 2.18. The van der Waals surface area contributed by atoms with Gasteiger partial charge in [0.2, 0.25) is 0 Å². The van der Waals surface area contributed by atoms with Crippen molar-refractivity contribution in [3.05, 3.63) is 33.4 Å². The van der Waals surface area contributed by atoms with E-state index < -0.39 is 9.84 Å². The van der Waals surface area contributed by atoms with E-state index in [9.17, 15) is 8.42 Å². The fourth-order valence-electron chi connectivity index (χ4n) is 1.33. The number of hydrogen-bond donors (Lipinski definition) is 1. The van der Waals surface area contributed by atoms with Gasteiger partial charge in [0.05, 0.1) is 5.75 Å². The monoisotopic (exact) mass is 353 g/mol. The molecule has 3 nitrogen and oxygen atoms in total. The Labute approximate surface area is 111 Å². The Morgan fingerprint density at radius 2 is 1.88 bits per heavy atom. The summed E-state index contributed by atoms with van der Waals surface area (Å²) in [6.07, 6.45) is 1.25. The first-order chi connectivity index (χ1) is 7.38. The zero-order valence-electron chi connectivity index (χ0n) is 9.40. The third kappa shape index (κ3) is 5.27. The Morgan fingerprint density at radius 1 is 1.31 bits per heavy atom. The predicted molar refractivity (Wildman–Crippen MR) is 75.3 cm³/mol. The van der Waals surface area contributed by atoms with Crippen LogP contribution in [0.1, 0.15) is 18.5 Å². The van der Waals surface area contributed by atoms with E-state index in [1.165, 1.54) is 15.4 Å². The summed E-state index contributed by atoms with van der Waals surface area (Å²) in [5.41, 5.74) is 1.17. The lowest BCUT2D eigenvalue weighted by Crippen LogP contribution is -2.25. The van der Waals surface area contributed by atoms with Crippen molar-refractivity contribution in [2.24, 2.45) is 0 Å². The van der Waals surface area contributed by atoms with E-state index in [2.05, 4.69) is 40.0 Å². The van der Waals surface area contributed by atoms with Gasteiger partial charge in [0.25, 0.3) is 0 Å². The van der Waals surface area contributed by atoms with Crippen molar-refractivity contribution in [1.29, 1.82) is 0 Å². The number of sulfone groups is 1. The maximum absolute atomic E-state index is 11.0. The van der Waals surface area contributed by atoms with E-state index in [4.69, 9.17) is 0 Å². The highest BCUT2D eigenvalue weighted by Gasteiger charge is 2.06. The Morgan fingerprint density at radius 3 is 2.38 bits per heavy atom. The first kappa shape index (κ1) is 13.9. The number of halogens is 1. The van der Waals surface area contributed by atoms with Gasteiger partial charge in [-0.2, -0.15) is 0 Å². The summed E-state index contributed by atoms with van der Waals surface area (Å²) in [5, 5.41) is 3.19. The van der Waals surface area contributed by atoms with Gasteiger partial charge in [0, 0.05) is 22.4 Å². The molecule has 0 aliphatic rings. The average Bonchev–Trinajstić information content (AvgIpc) is 2.16. The molecule has 0 saturated carbocycles. The van der Waals surface area contributed by atoms with Crippen molar-refractivity contribution in [1.82, 2.24) is 5.32 Å². The summed E-state index contributed by atoms with van der Waals surface area (Å²) in [4.78, 5) is 0. The first-order valence-corrected chi connectivity index (χ1v) is 8.19. The molecule has 0 bridgehead atoms. The Bertz CT molecular complexity index is 428. The molecule has 0 saturated heterocycles. The quantitative estimate of drug-likeness (QED) is 0.824. The topological polar surface area (TPSA) is 46.2 Å².